The zero-order chi connectivity index (χ0) is 55.6. The molecule has 3 heterocycles. The molecule has 1 unspecified atom stereocenters. The Morgan fingerprint density at radius 1 is 0.805 bits per heavy atom. The van der Waals surface area contributed by atoms with E-state index in [1.807, 2.05) is 131 Å². The second-order valence-electron chi connectivity index (χ2n) is 19.8. The highest BCUT2D eigenvalue weighted by molar-refractivity contribution is 7.44. The second kappa shape index (κ2) is 25.9. The number of nitrogens with zero attached hydrogens (tertiary/aromatic N) is 4. The van der Waals surface area contributed by atoms with Crippen LogP contribution in [0.25, 0.3) is 5.57 Å². The topological polar surface area (TPSA) is 129 Å². The number of methoxy groups -OCH3 is 2. The zero-order valence-electron chi connectivity index (χ0n) is 46.7. The predicted molar refractivity (Wildman–Crippen MR) is 301 cm³/mol. The summed E-state index contributed by atoms with van der Waals surface area (Å²) in [7, 11) is 1.49. The summed E-state index contributed by atoms with van der Waals surface area (Å²) in [6.45, 7) is 16.1. The second-order valence-corrected chi connectivity index (χ2v) is 21.2. The number of halogens is 2. The molecule has 4 aromatic carbocycles. The van der Waals surface area contributed by atoms with Gasteiger partial charge >= 0.3 is 13.1 Å². The summed E-state index contributed by atoms with van der Waals surface area (Å²) in [5, 5.41) is 12.4. The molecule has 0 aliphatic carbocycles. The van der Waals surface area contributed by atoms with Crippen molar-refractivity contribution in [3.63, 3.8) is 0 Å². The summed E-state index contributed by atoms with van der Waals surface area (Å²) in [6, 6.07) is 35.2. The lowest BCUT2D eigenvalue weighted by Gasteiger charge is -2.39. The number of nitrogens with one attached hydrogen (secondary N) is 1. The summed E-state index contributed by atoms with van der Waals surface area (Å²) in [5.41, 5.74) is 8.88. The Kier molecular flexibility index (Phi) is 19.6. The SMILES string of the molecule is CCC1=C(C)C2=C(c3ccc(OCCCOC(=O)NC[C@@H](COC(c4ccccc4)(c4ccc(OC)cc4)c4ccc(OC)cc4)OP(OCCC#N)N(C(C)C)C(C)C)cc3)c3c(C)c(CC)c(C)n3[B-](F)(F)[N+]2=C1C. The van der Waals surface area contributed by atoms with Crippen molar-refractivity contribution in [2.45, 2.75) is 119 Å². The number of nitriles is 1. The average Bonchev–Trinajstić information content (AvgIpc) is 4.12. The van der Waals surface area contributed by atoms with E-state index in [0.717, 1.165) is 50.1 Å². The predicted octanol–water partition coefficient (Wildman–Crippen LogP) is 13.1. The first kappa shape index (κ1) is 58.3. The van der Waals surface area contributed by atoms with Crippen molar-refractivity contribution in [2.24, 2.45) is 0 Å². The number of fused-ring (bicyclic) bond motifs is 2. The monoisotopic (exact) mass is 1070 g/mol. The Morgan fingerprint density at radius 2 is 1.39 bits per heavy atom. The fraction of sp³-hybridized carbons (Fsp3) is 0.417. The van der Waals surface area contributed by atoms with Crippen LogP contribution >= 0.6 is 8.53 Å². The maximum atomic E-state index is 16.8. The molecule has 7 rings (SSSR count). The fourth-order valence-corrected chi connectivity index (χ4v) is 12.7. The highest BCUT2D eigenvalue weighted by Gasteiger charge is 2.57. The van der Waals surface area contributed by atoms with Crippen molar-refractivity contribution in [1.29, 1.82) is 5.26 Å². The van der Waals surface area contributed by atoms with Crippen LogP contribution in [0.1, 0.15) is 119 Å². The van der Waals surface area contributed by atoms with Gasteiger partial charge in [-0.1, -0.05) is 80.6 Å². The van der Waals surface area contributed by atoms with Crippen molar-refractivity contribution in [1.82, 2.24) is 14.5 Å². The third kappa shape index (κ3) is 12.2. The van der Waals surface area contributed by atoms with Gasteiger partial charge in [0.05, 0.1) is 58.7 Å². The van der Waals surface area contributed by atoms with E-state index in [0.29, 0.717) is 59.3 Å². The summed E-state index contributed by atoms with van der Waals surface area (Å²) < 4.78 is 81.7. The lowest BCUT2D eigenvalue weighted by atomic mass is 9.80. The molecule has 17 heteroatoms. The molecular formula is C60H75BF2N5O8P. The number of benzene rings is 4. The molecule has 0 saturated heterocycles. The average molecular weight is 1070 g/mol. The first-order valence-corrected chi connectivity index (χ1v) is 27.8. The molecule has 1 amide bonds. The fourth-order valence-electron chi connectivity index (χ4n) is 11.0. The number of hydrogen-bond donors (Lipinski definition) is 1. The van der Waals surface area contributed by atoms with Crippen LogP contribution < -0.4 is 19.5 Å². The maximum absolute atomic E-state index is 16.8. The molecule has 410 valence electrons. The smallest absolute Gasteiger partial charge is 0.497 e. The highest BCUT2D eigenvalue weighted by atomic mass is 31.2. The molecule has 77 heavy (non-hydrogen) atoms. The molecule has 0 fully saturated rings. The van der Waals surface area contributed by atoms with Crippen LogP contribution in [-0.4, -0.2) is 97.8 Å². The molecule has 0 saturated carbocycles. The molecule has 1 N–H and O–H groups in total. The molecule has 2 aliphatic rings. The van der Waals surface area contributed by atoms with Crippen LogP contribution in [0, 0.1) is 25.2 Å². The van der Waals surface area contributed by atoms with Gasteiger partial charge in [-0.05, 0) is 137 Å². The van der Waals surface area contributed by atoms with Crippen molar-refractivity contribution in [3.8, 4) is 23.3 Å². The van der Waals surface area contributed by atoms with Crippen molar-refractivity contribution >= 4 is 32.9 Å². The number of alkyl carbamates (subject to hydrolysis) is 1. The Morgan fingerprint density at radius 3 is 1.94 bits per heavy atom. The molecule has 0 radical (unpaired) electrons. The molecule has 13 nitrogen and oxygen atoms in total. The number of hydrogen-bond acceptors (Lipinski definition) is 10. The van der Waals surface area contributed by atoms with E-state index < -0.39 is 33.3 Å². The van der Waals surface area contributed by atoms with Gasteiger partial charge in [0, 0.05) is 48.8 Å². The summed E-state index contributed by atoms with van der Waals surface area (Å²) in [5.74, 6) is 1.97. The minimum Gasteiger partial charge on any atom is -0.497 e. The highest BCUT2D eigenvalue weighted by Crippen LogP contribution is 2.50. The number of carbonyl (C=O) groups is 1. The van der Waals surface area contributed by atoms with Gasteiger partial charge in [0.25, 0.3) is 8.53 Å². The van der Waals surface area contributed by atoms with Crippen molar-refractivity contribution in [3.05, 3.63) is 165 Å². The first-order valence-electron chi connectivity index (χ1n) is 26.7. The van der Waals surface area contributed by atoms with Gasteiger partial charge in [0.15, 0.2) is 5.70 Å². The molecule has 2 atom stereocenters. The van der Waals surface area contributed by atoms with Crippen LogP contribution in [0.2, 0.25) is 0 Å². The third-order valence-corrected chi connectivity index (χ3v) is 16.6. The lowest BCUT2D eigenvalue weighted by molar-refractivity contribution is -0.363. The molecule has 5 aromatic rings. The summed E-state index contributed by atoms with van der Waals surface area (Å²) >= 11 is 0. The number of allylic oxidation sites excluding steroid dienone is 2. The Labute approximate surface area is 455 Å². The number of ether oxygens (including phenoxy) is 5. The van der Waals surface area contributed by atoms with E-state index in [4.69, 9.17) is 32.7 Å². The van der Waals surface area contributed by atoms with Crippen LogP contribution in [-0.2, 0) is 30.5 Å². The zero-order valence-corrected chi connectivity index (χ0v) is 47.6. The molecular weight excluding hydrogens is 998 g/mol. The van der Waals surface area contributed by atoms with Crippen molar-refractivity contribution in [2.75, 3.05) is 47.2 Å². The Hall–Kier alpha value is -6.34. The minimum absolute atomic E-state index is 0.00691. The van der Waals surface area contributed by atoms with Crippen LogP contribution in [0.5, 0.6) is 17.2 Å². The van der Waals surface area contributed by atoms with E-state index >= 15 is 8.63 Å². The van der Waals surface area contributed by atoms with Gasteiger partial charge in [-0.25, -0.2) is 9.46 Å². The molecule has 0 bridgehead atoms. The third-order valence-electron chi connectivity index (χ3n) is 14.5. The van der Waals surface area contributed by atoms with Gasteiger partial charge in [-0.2, -0.15) is 5.26 Å². The Balaban J connectivity index is 1.08. The quantitative estimate of drug-likeness (QED) is 0.0247. The maximum Gasteiger partial charge on any atom is 0.737 e. The van der Waals surface area contributed by atoms with Gasteiger partial charge in [-0.15, -0.1) is 0 Å². The first-order chi connectivity index (χ1) is 37.0. The van der Waals surface area contributed by atoms with Gasteiger partial charge in [0.2, 0.25) is 0 Å². The van der Waals surface area contributed by atoms with Crippen LogP contribution in [0.3, 0.4) is 0 Å². The number of rotatable bonds is 26. The molecule has 2 aliphatic heterocycles. The van der Waals surface area contributed by atoms with E-state index in [1.54, 1.807) is 28.1 Å². The molecule has 0 spiro atoms. The van der Waals surface area contributed by atoms with Gasteiger partial charge < -0.3 is 55.6 Å². The Bertz CT molecular complexity index is 2920. The van der Waals surface area contributed by atoms with Crippen molar-refractivity contribution < 1.29 is 50.6 Å². The van der Waals surface area contributed by atoms with E-state index in [2.05, 4.69) is 43.8 Å². The van der Waals surface area contributed by atoms with E-state index in [1.165, 1.54) is 8.96 Å². The van der Waals surface area contributed by atoms with Crippen LogP contribution in [0.4, 0.5) is 13.4 Å². The lowest BCUT2D eigenvalue weighted by Crippen LogP contribution is -2.51. The largest absolute Gasteiger partial charge is 0.737 e. The number of amides is 1. The number of aromatic nitrogens is 1. The minimum atomic E-state index is -4.13. The standard InChI is InChI=1S/C60H75BF2N5O8P/c1-13-54-42(7)57-56(58-43(8)55(14-2)45(10)67(58)61(62,63)66(57)44(54)9)46-22-28-52(29-23-46)72-35-19-36-73-59(69)65-38-53(76-77(75-37-18-34-64)68(40(3)4)41(5)6)39-74-60(47-20-16-15-17-21-47,48-24-30-50(70-11)31-25-48)49-26-32-51(71-12)33-27-49/h15-17,20-33,40-41,53H,13-14,18-19,35-39H2,1-12H3,(H,65,69)/t53-,77?/m0/s1. The van der Waals surface area contributed by atoms with E-state index in [-0.39, 0.29) is 51.5 Å². The van der Waals surface area contributed by atoms with Gasteiger partial charge in [-0.3, -0.25) is 0 Å². The van der Waals surface area contributed by atoms with Gasteiger partial charge in [0.1, 0.15) is 34.7 Å². The van der Waals surface area contributed by atoms with E-state index in [9.17, 15) is 10.1 Å². The normalized spacial score (nSPS) is 15.0. The van der Waals surface area contributed by atoms with Crippen LogP contribution in [0.15, 0.2) is 120 Å². The number of carbonyl (C=O) groups excluding carboxylic acids is 1. The summed E-state index contributed by atoms with van der Waals surface area (Å²) in [6.07, 6.45) is 0.438. The summed E-state index contributed by atoms with van der Waals surface area (Å²) in [4.78, 5) is 13.5. The molecule has 1 aromatic heterocycles.